The highest BCUT2D eigenvalue weighted by Gasteiger charge is 2.30. The van der Waals surface area contributed by atoms with Crippen LogP contribution in [0.4, 0.5) is 0 Å². The Kier molecular flexibility index (Phi) is 1.74. The fourth-order valence-corrected chi connectivity index (χ4v) is 4.87. The zero-order valence-corrected chi connectivity index (χ0v) is 11.3. The highest BCUT2D eigenvalue weighted by atomic mass is 32.1. The highest BCUT2D eigenvalue weighted by Crippen LogP contribution is 2.43. The SMILES string of the molecule is O=c1c2ccccc2sc2c3c(c4c(c12)CC4)CC3. The molecule has 1 aromatic heterocycles. The molecule has 0 radical (unpaired) electrons. The smallest absolute Gasteiger partial charge is 0.196 e. The van der Waals surface area contributed by atoms with Gasteiger partial charge in [0.05, 0.1) is 0 Å². The molecule has 0 saturated carbocycles. The van der Waals surface area contributed by atoms with Crippen LogP contribution in [-0.2, 0) is 25.7 Å². The Labute approximate surface area is 114 Å². The van der Waals surface area contributed by atoms with Gasteiger partial charge < -0.3 is 0 Å². The van der Waals surface area contributed by atoms with E-state index < -0.39 is 0 Å². The predicted molar refractivity (Wildman–Crippen MR) is 80.4 cm³/mol. The highest BCUT2D eigenvalue weighted by molar-refractivity contribution is 7.24. The summed E-state index contributed by atoms with van der Waals surface area (Å²) in [6.07, 6.45) is 4.67. The summed E-state index contributed by atoms with van der Waals surface area (Å²) in [4.78, 5) is 12.8. The summed E-state index contributed by atoms with van der Waals surface area (Å²) in [6.45, 7) is 0. The molecule has 5 rings (SSSR count). The van der Waals surface area contributed by atoms with Crippen LogP contribution in [0, 0.1) is 0 Å². The molecule has 2 heteroatoms. The molecule has 2 aromatic carbocycles. The number of benzene rings is 2. The van der Waals surface area contributed by atoms with E-state index in [1.807, 2.05) is 29.5 Å². The van der Waals surface area contributed by atoms with Gasteiger partial charge in [0.25, 0.3) is 0 Å². The Balaban J connectivity index is 2.12. The number of rotatable bonds is 0. The van der Waals surface area contributed by atoms with E-state index in [1.165, 1.54) is 34.2 Å². The average Bonchev–Trinajstić information content (AvgIpc) is 2.36. The molecule has 0 amide bonds. The first-order chi connectivity index (χ1) is 9.34. The summed E-state index contributed by atoms with van der Waals surface area (Å²) in [5.41, 5.74) is 6.17. The molecule has 0 bridgehead atoms. The maximum atomic E-state index is 12.8. The lowest BCUT2D eigenvalue weighted by molar-refractivity contribution is 0.758. The molecular formula is C17H12OS. The van der Waals surface area contributed by atoms with Gasteiger partial charge in [-0.2, -0.15) is 0 Å². The molecule has 19 heavy (non-hydrogen) atoms. The zero-order chi connectivity index (χ0) is 12.6. The van der Waals surface area contributed by atoms with Gasteiger partial charge in [0.1, 0.15) is 0 Å². The van der Waals surface area contributed by atoms with Crippen LogP contribution in [-0.4, -0.2) is 0 Å². The molecule has 1 nitrogen and oxygen atoms in total. The van der Waals surface area contributed by atoms with E-state index in [9.17, 15) is 4.79 Å². The van der Waals surface area contributed by atoms with E-state index in [0.717, 1.165) is 28.3 Å². The van der Waals surface area contributed by atoms with Crippen LogP contribution < -0.4 is 5.43 Å². The Bertz CT molecular complexity index is 934. The van der Waals surface area contributed by atoms with E-state index in [0.29, 0.717) is 0 Å². The molecular weight excluding hydrogens is 252 g/mol. The van der Waals surface area contributed by atoms with Crippen LogP contribution in [0.5, 0.6) is 0 Å². The summed E-state index contributed by atoms with van der Waals surface area (Å²) >= 11 is 1.81. The third-order valence-corrected chi connectivity index (χ3v) is 5.95. The third kappa shape index (κ3) is 1.10. The number of hydrogen-bond acceptors (Lipinski definition) is 2. The quantitative estimate of drug-likeness (QED) is 0.567. The lowest BCUT2D eigenvalue weighted by Crippen LogP contribution is -2.23. The molecule has 3 aromatic rings. The van der Waals surface area contributed by atoms with Crippen LogP contribution >= 0.6 is 11.3 Å². The monoisotopic (exact) mass is 264 g/mol. The predicted octanol–water partition coefficient (Wildman–Crippen LogP) is 3.61. The number of aryl methyl sites for hydroxylation is 2. The molecule has 0 unspecified atom stereocenters. The standard InChI is InChI=1S/C17H12OS/c18-16-13-3-1-2-4-14(13)19-17-12-8-6-10(12)9-5-7-11(9)15(16)17/h1-4H,5-8H2. The lowest BCUT2D eigenvalue weighted by Gasteiger charge is -2.32. The van der Waals surface area contributed by atoms with Crippen LogP contribution in [0.25, 0.3) is 20.2 Å². The number of fused-ring (bicyclic) bond motifs is 7. The van der Waals surface area contributed by atoms with E-state index >= 15 is 0 Å². The van der Waals surface area contributed by atoms with Crippen LogP contribution in [0.15, 0.2) is 29.1 Å². The van der Waals surface area contributed by atoms with Gasteiger partial charge >= 0.3 is 0 Å². The van der Waals surface area contributed by atoms with E-state index in [4.69, 9.17) is 0 Å². The van der Waals surface area contributed by atoms with Gasteiger partial charge in [-0.15, -0.1) is 11.3 Å². The van der Waals surface area contributed by atoms with Crippen molar-refractivity contribution in [2.24, 2.45) is 0 Å². The van der Waals surface area contributed by atoms with Gasteiger partial charge in [0, 0.05) is 20.2 Å². The van der Waals surface area contributed by atoms with Crippen molar-refractivity contribution in [3.63, 3.8) is 0 Å². The molecule has 92 valence electrons. The normalized spacial score (nSPS) is 15.8. The minimum Gasteiger partial charge on any atom is -0.288 e. The minimum absolute atomic E-state index is 0.259. The topological polar surface area (TPSA) is 17.1 Å². The van der Waals surface area contributed by atoms with Crippen molar-refractivity contribution < 1.29 is 0 Å². The van der Waals surface area contributed by atoms with Gasteiger partial charge in [-0.05, 0) is 60.1 Å². The van der Waals surface area contributed by atoms with E-state index in [2.05, 4.69) is 6.07 Å². The molecule has 0 saturated heterocycles. The molecule has 2 aliphatic carbocycles. The zero-order valence-electron chi connectivity index (χ0n) is 10.5. The fraction of sp³-hybridized carbons (Fsp3) is 0.235. The Hall–Kier alpha value is -1.67. The maximum absolute atomic E-state index is 12.8. The lowest BCUT2D eigenvalue weighted by atomic mass is 9.73. The van der Waals surface area contributed by atoms with Gasteiger partial charge in [0.15, 0.2) is 5.43 Å². The van der Waals surface area contributed by atoms with Crippen LogP contribution in [0.3, 0.4) is 0 Å². The summed E-state index contributed by atoms with van der Waals surface area (Å²) in [5.74, 6) is 0. The summed E-state index contributed by atoms with van der Waals surface area (Å²) in [5, 5.41) is 1.94. The van der Waals surface area contributed by atoms with Crippen molar-refractivity contribution in [3.05, 3.63) is 56.7 Å². The minimum atomic E-state index is 0.259. The third-order valence-electron chi connectivity index (χ3n) is 4.72. The molecule has 1 heterocycles. The fourth-order valence-electron chi connectivity index (χ4n) is 3.57. The van der Waals surface area contributed by atoms with E-state index in [1.54, 1.807) is 5.56 Å². The number of hydrogen-bond donors (Lipinski definition) is 0. The van der Waals surface area contributed by atoms with Crippen molar-refractivity contribution in [2.75, 3.05) is 0 Å². The second-order valence-electron chi connectivity index (χ2n) is 5.55. The van der Waals surface area contributed by atoms with Gasteiger partial charge in [-0.3, -0.25) is 4.79 Å². The second-order valence-corrected chi connectivity index (χ2v) is 6.60. The molecule has 0 spiro atoms. The van der Waals surface area contributed by atoms with Crippen LogP contribution in [0.1, 0.15) is 22.3 Å². The summed E-state index contributed by atoms with van der Waals surface area (Å²) < 4.78 is 2.41. The summed E-state index contributed by atoms with van der Waals surface area (Å²) in [6, 6.07) is 8.04. The molecule has 0 N–H and O–H groups in total. The molecule has 0 atom stereocenters. The molecule has 0 fully saturated rings. The Morgan fingerprint density at radius 3 is 2.26 bits per heavy atom. The van der Waals surface area contributed by atoms with E-state index in [-0.39, 0.29) is 5.43 Å². The molecule has 2 aliphatic rings. The average molecular weight is 264 g/mol. The maximum Gasteiger partial charge on any atom is 0.196 e. The van der Waals surface area contributed by atoms with Crippen molar-refractivity contribution >= 4 is 31.5 Å². The van der Waals surface area contributed by atoms with Gasteiger partial charge in [-0.1, -0.05) is 12.1 Å². The van der Waals surface area contributed by atoms with Crippen molar-refractivity contribution in [2.45, 2.75) is 25.7 Å². The first kappa shape index (κ1) is 10.2. The first-order valence-corrected chi connectivity index (χ1v) is 7.67. The van der Waals surface area contributed by atoms with Crippen molar-refractivity contribution in [1.82, 2.24) is 0 Å². The largest absolute Gasteiger partial charge is 0.288 e. The van der Waals surface area contributed by atoms with Gasteiger partial charge in [-0.25, -0.2) is 0 Å². The first-order valence-electron chi connectivity index (χ1n) is 6.85. The van der Waals surface area contributed by atoms with Crippen molar-refractivity contribution in [1.29, 1.82) is 0 Å². The Morgan fingerprint density at radius 1 is 0.842 bits per heavy atom. The van der Waals surface area contributed by atoms with Crippen molar-refractivity contribution in [3.8, 4) is 0 Å². The van der Waals surface area contributed by atoms with Gasteiger partial charge in [0.2, 0.25) is 0 Å². The second kappa shape index (κ2) is 3.26. The molecule has 0 aliphatic heterocycles. The summed E-state index contributed by atoms with van der Waals surface area (Å²) in [7, 11) is 0. The van der Waals surface area contributed by atoms with Crippen LogP contribution in [0.2, 0.25) is 0 Å². The Morgan fingerprint density at radius 2 is 1.53 bits per heavy atom.